The van der Waals surface area contributed by atoms with E-state index in [1.54, 1.807) is 0 Å². The maximum absolute atomic E-state index is 6.62. The Bertz CT molecular complexity index is 2380. The third-order valence-corrected chi connectivity index (χ3v) is 11.9. The molecule has 2 aromatic heterocycles. The van der Waals surface area contributed by atoms with E-state index in [1.807, 2.05) is 48.5 Å². The average Bonchev–Trinajstić information content (AvgIpc) is 4.06. The average molecular weight is 835 g/mol. The molecule has 0 amide bonds. The number of fused-ring (bicyclic) bond motifs is 15. The standard InChI is InChI=1S/C50H62N10O2/c1-3-5-7-9-11-13-15-17-19-25-31-61-41-33-39-40(34-42(41)62-32-26-20-18-16-14-12-10-8-6-4-2)48-54-44-36-28-22-24-30-38(36)46(52-44)57-50-58-49(59-60-50)56-45-37-29-23-21-27-35(37)43(51-45)53-47(39)55-48/h21-24,27-30,33-34H,3-20,25-26,31-32H2,1-2H3,(H2,51,52,53,54,55,56,57,58,59,60). The molecule has 0 radical (unpaired) electrons. The van der Waals surface area contributed by atoms with Gasteiger partial charge in [0, 0.05) is 33.0 Å². The molecule has 62 heavy (non-hydrogen) atoms. The van der Waals surface area contributed by atoms with E-state index >= 15 is 0 Å². The van der Waals surface area contributed by atoms with E-state index in [9.17, 15) is 0 Å². The van der Waals surface area contributed by atoms with E-state index in [4.69, 9.17) is 39.4 Å². The van der Waals surface area contributed by atoms with Crippen LogP contribution >= 0.6 is 0 Å². The van der Waals surface area contributed by atoms with E-state index in [-0.39, 0.29) is 11.9 Å². The van der Waals surface area contributed by atoms with Crippen LogP contribution in [0.1, 0.15) is 165 Å². The van der Waals surface area contributed by atoms with E-state index in [2.05, 4.69) is 46.1 Å². The first-order valence-electron chi connectivity index (χ1n) is 23.5. The summed E-state index contributed by atoms with van der Waals surface area (Å²) in [7, 11) is 0. The van der Waals surface area contributed by atoms with Gasteiger partial charge in [0.05, 0.1) is 13.2 Å². The van der Waals surface area contributed by atoms with Gasteiger partial charge in [0.15, 0.2) is 34.8 Å². The minimum absolute atomic E-state index is 0.216. The largest absolute Gasteiger partial charge is 0.490 e. The number of hydrogen-bond donors (Lipinski definition) is 2. The molecular formula is C50H62N10O2. The molecule has 5 heterocycles. The maximum atomic E-state index is 6.62. The summed E-state index contributed by atoms with van der Waals surface area (Å²) in [4.78, 5) is 37.8. The number of nitrogens with zero attached hydrogens (tertiary/aromatic N) is 8. The van der Waals surface area contributed by atoms with Crippen molar-refractivity contribution in [2.45, 2.75) is 142 Å². The molecule has 0 spiro atoms. The highest BCUT2D eigenvalue weighted by atomic mass is 16.5. The molecule has 3 aliphatic rings. The number of benzene rings is 3. The molecule has 324 valence electrons. The van der Waals surface area contributed by atoms with Crippen molar-refractivity contribution in [2.75, 3.05) is 13.2 Å². The summed E-state index contributed by atoms with van der Waals surface area (Å²) in [5.74, 6) is 3.93. The monoisotopic (exact) mass is 835 g/mol. The topological polar surface area (TPSA) is 150 Å². The van der Waals surface area contributed by atoms with Crippen LogP contribution in [0.4, 0.5) is 11.9 Å². The fourth-order valence-corrected chi connectivity index (χ4v) is 8.42. The molecule has 8 rings (SSSR count). The van der Waals surface area contributed by atoms with Gasteiger partial charge in [0.25, 0.3) is 5.95 Å². The van der Waals surface area contributed by atoms with Crippen LogP contribution in [0, 0.1) is 0 Å². The Hall–Kier alpha value is -5.78. The SMILES string of the molecule is CCCCCCCCCCCCOc1cc2c3[nH]c(c2cc1OCCCCCCCCCCCC)=NC1=NC(=Nc2nc(n[nH]2)N=C2N=C(N=3)c3ccccc32)c2ccccc21. The lowest BCUT2D eigenvalue weighted by molar-refractivity contribution is 0.259. The predicted molar refractivity (Wildman–Crippen MR) is 250 cm³/mol. The summed E-state index contributed by atoms with van der Waals surface area (Å²) < 4.78 is 13.2. The molecule has 0 fully saturated rings. The fourth-order valence-electron chi connectivity index (χ4n) is 8.42. The number of aliphatic imine (C=N–C) groups is 4. The van der Waals surface area contributed by atoms with E-state index in [0.29, 0.717) is 59.0 Å². The molecule has 2 N–H and O–H groups in total. The first kappa shape index (κ1) is 42.9. The summed E-state index contributed by atoms with van der Waals surface area (Å²) in [5.41, 5.74) is 4.63. The zero-order chi connectivity index (χ0) is 42.4. The van der Waals surface area contributed by atoms with E-state index in [1.165, 1.54) is 103 Å². The molecule has 5 aromatic rings. The normalized spacial score (nSPS) is 13.8. The van der Waals surface area contributed by atoms with Crippen molar-refractivity contribution in [2.24, 2.45) is 30.0 Å². The Morgan fingerprint density at radius 3 is 1.26 bits per heavy atom. The first-order chi connectivity index (χ1) is 30.7. The summed E-state index contributed by atoms with van der Waals surface area (Å²) in [6, 6.07) is 20.0. The zero-order valence-corrected chi connectivity index (χ0v) is 36.7. The molecule has 0 saturated heterocycles. The van der Waals surface area contributed by atoms with Gasteiger partial charge in [-0.25, -0.2) is 25.1 Å². The molecule has 0 unspecified atom stereocenters. The molecule has 3 aromatic carbocycles. The van der Waals surface area contributed by atoms with Crippen molar-refractivity contribution >= 4 is 46.0 Å². The van der Waals surface area contributed by atoms with Gasteiger partial charge in [-0.15, -0.1) is 5.10 Å². The lowest BCUT2D eigenvalue weighted by Crippen LogP contribution is -2.15. The lowest BCUT2D eigenvalue weighted by atomic mass is 10.1. The van der Waals surface area contributed by atoms with Crippen LogP contribution in [0.5, 0.6) is 11.5 Å². The third kappa shape index (κ3) is 10.8. The maximum Gasteiger partial charge on any atom is 0.272 e. The first-order valence-corrected chi connectivity index (χ1v) is 23.5. The molecule has 8 bridgehead atoms. The van der Waals surface area contributed by atoms with Crippen LogP contribution in [-0.4, -0.2) is 56.7 Å². The van der Waals surface area contributed by atoms with Crippen LogP contribution in [0.3, 0.4) is 0 Å². The Kier molecular flexibility index (Phi) is 15.1. The number of rotatable bonds is 24. The third-order valence-electron chi connectivity index (χ3n) is 11.9. The number of aromatic nitrogens is 4. The van der Waals surface area contributed by atoms with Crippen molar-refractivity contribution in [1.82, 2.24) is 20.2 Å². The highest BCUT2D eigenvalue weighted by Crippen LogP contribution is 2.32. The van der Waals surface area contributed by atoms with Crippen molar-refractivity contribution < 1.29 is 9.47 Å². The minimum Gasteiger partial charge on any atom is -0.490 e. The Morgan fingerprint density at radius 2 is 0.823 bits per heavy atom. The molecule has 12 heteroatoms. The second kappa shape index (κ2) is 21.8. The molecule has 3 aliphatic heterocycles. The van der Waals surface area contributed by atoms with Crippen molar-refractivity contribution in [3.63, 3.8) is 0 Å². The van der Waals surface area contributed by atoms with Gasteiger partial charge >= 0.3 is 0 Å². The second-order valence-corrected chi connectivity index (χ2v) is 16.7. The smallest absolute Gasteiger partial charge is 0.272 e. The summed E-state index contributed by atoms with van der Waals surface area (Å²) in [6.07, 6.45) is 25.4. The lowest BCUT2D eigenvalue weighted by Gasteiger charge is -2.13. The van der Waals surface area contributed by atoms with Gasteiger partial charge < -0.3 is 14.5 Å². The van der Waals surface area contributed by atoms with Gasteiger partial charge in [-0.2, -0.15) is 15.0 Å². The van der Waals surface area contributed by atoms with E-state index in [0.717, 1.165) is 58.7 Å². The van der Waals surface area contributed by atoms with Crippen molar-refractivity contribution in [3.8, 4) is 11.5 Å². The van der Waals surface area contributed by atoms with Crippen LogP contribution in [0.25, 0.3) is 10.8 Å². The second-order valence-electron chi connectivity index (χ2n) is 16.7. The molecule has 12 nitrogen and oxygen atoms in total. The molecule has 0 aliphatic carbocycles. The molecule has 0 saturated carbocycles. The van der Waals surface area contributed by atoms with Crippen LogP contribution in [0.15, 0.2) is 90.6 Å². The fraction of sp³-hybridized carbons (Fsp3) is 0.480. The number of ether oxygens (including phenoxy) is 2. The number of hydrogen-bond acceptors (Lipinski definition) is 10. The highest BCUT2D eigenvalue weighted by molar-refractivity contribution is 6.24. The number of aromatic amines is 2. The highest BCUT2D eigenvalue weighted by Gasteiger charge is 2.25. The molecule has 0 atom stereocenters. The van der Waals surface area contributed by atoms with Crippen LogP contribution in [-0.2, 0) is 0 Å². The van der Waals surface area contributed by atoms with Gasteiger partial charge in [-0.1, -0.05) is 178 Å². The summed E-state index contributed by atoms with van der Waals surface area (Å²) in [5, 5.41) is 8.93. The number of H-pyrrole nitrogens is 2. The van der Waals surface area contributed by atoms with Gasteiger partial charge in [0.1, 0.15) is 11.0 Å². The van der Waals surface area contributed by atoms with Crippen LogP contribution < -0.4 is 20.4 Å². The van der Waals surface area contributed by atoms with Crippen molar-refractivity contribution in [3.05, 3.63) is 93.9 Å². The Labute approximate surface area is 365 Å². The number of nitrogens with one attached hydrogen (secondary N) is 2. The summed E-state index contributed by atoms with van der Waals surface area (Å²) >= 11 is 0. The number of unbranched alkanes of at least 4 members (excludes halogenated alkanes) is 18. The Balaban J connectivity index is 1.11. The van der Waals surface area contributed by atoms with Gasteiger partial charge in [0.2, 0.25) is 5.95 Å². The van der Waals surface area contributed by atoms with Gasteiger partial charge in [-0.3, -0.25) is 0 Å². The van der Waals surface area contributed by atoms with Crippen molar-refractivity contribution in [1.29, 1.82) is 0 Å². The number of amidine groups is 4. The van der Waals surface area contributed by atoms with Gasteiger partial charge in [-0.05, 0) is 25.0 Å². The minimum atomic E-state index is 0.216. The van der Waals surface area contributed by atoms with E-state index < -0.39 is 0 Å². The van der Waals surface area contributed by atoms with Crippen LogP contribution in [0.2, 0.25) is 0 Å². The zero-order valence-electron chi connectivity index (χ0n) is 36.7. The Morgan fingerprint density at radius 1 is 0.435 bits per heavy atom. The predicted octanol–water partition coefficient (Wildman–Crippen LogP) is 11.5. The quantitative estimate of drug-likeness (QED) is 0.0595. The molecular weight excluding hydrogens is 773 g/mol. The summed E-state index contributed by atoms with van der Waals surface area (Å²) in [6.45, 7) is 5.78.